The highest BCUT2D eigenvalue weighted by molar-refractivity contribution is 6.74. The third-order valence-electron chi connectivity index (χ3n) is 11.6. The van der Waals surface area contributed by atoms with Crippen molar-refractivity contribution in [2.75, 3.05) is 6.61 Å². The van der Waals surface area contributed by atoms with Gasteiger partial charge in [-0.2, -0.15) is 0 Å². The quantitative estimate of drug-likeness (QED) is 0.314. The van der Waals surface area contributed by atoms with Crippen LogP contribution in [0.25, 0.3) is 0 Å². The summed E-state index contributed by atoms with van der Waals surface area (Å²) in [6, 6.07) is 0. The molecule has 38 heavy (non-hydrogen) atoms. The van der Waals surface area contributed by atoms with Gasteiger partial charge in [-0.05, 0) is 111 Å². The monoisotopic (exact) mass is 562 g/mol. The zero-order valence-corrected chi connectivity index (χ0v) is 29.2. The minimum atomic E-state index is -1.86. The van der Waals surface area contributed by atoms with Crippen molar-refractivity contribution in [3.8, 4) is 0 Å². The SMILES string of the molecule is C[C@@H](CO)[C@H]1CC[C@H]2/C(=C/C=C3C[C@@H](O[Si](C)(C)C(C)(C)C)C[C@H](O[Si](C)(C)C(C)(C)C)C3)CCC[C@]12C. The number of aliphatic hydroxyl groups is 1. The Labute approximate surface area is 238 Å². The lowest BCUT2D eigenvalue weighted by Gasteiger charge is -2.45. The first-order chi connectivity index (χ1) is 17.3. The van der Waals surface area contributed by atoms with Gasteiger partial charge in [-0.25, -0.2) is 0 Å². The Bertz CT molecular complexity index is 838. The van der Waals surface area contributed by atoms with Crippen LogP contribution in [-0.4, -0.2) is 40.6 Å². The highest BCUT2D eigenvalue weighted by Gasteiger charge is 2.50. The Morgan fingerprint density at radius 1 is 0.921 bits per heavy atom. The predicted octanol–water partition coefficient (Wildman–Crippen LogP) is 9.65. The van der Waals surface area contributed by atoms with Crippen LogP contribution in [0, 0.1) is 23.2 Å². The Kier molecular flexibility index (Phi) is 9.85. The highest BCUT2D eigenvalue weighted by atomic mass is 28.4. The van der Waals surface area contributed by atoms with E-state index in [1.807, 2.05) is 0 Å². The molecule has 3 fully saturated rings. The van der Waals surface area contributed by atoms with Crippen LogP contribution in [0.1, 0.15) is 107 Å². The molecule has 0 aromatic rings. The molecule has 6 atom stereocenters. The Hall–Kier alpha value is -0.206. The lowest BCUT2D eigenvalue weighted by atomic mass is 9.61. The fourth-order valence-electron chi connectivity index (χ4n) is 7.20. The Balaban J connectivity index is 1.86. The van der Waals surface area contributed by atoms with Gasteiger partial charge in [0.25, 0.3) is 0 Å². The smallest absolute Gasteiger partial charge is 0.192 e. The summed E-state index contributed by atoms with van der Waals surface area (Å²) in [6.45, 7) is 28.7. The maximum atomic E-state index is 9.91. The van der Waals surface area contributed by atoms with E-state index < -0.39 is 16.6 Å². The second-order valence-corrected chi connectivity index (χ2v) is 26.0. The van der Waals surface area contributed by atoms with E-state index in [1.54, 1.807) is 5.57 Å². The van der Waals surface area contributed by atoms with Gasteiger partial charge < -0.3 is 14.0 Å². The van der Waals surface area contributed by atoms with Crippen LogP contribution in [0.2, 0.25) is 36.3 Å². The minimum Gasteiger partial charge on any atom is -0.414 e. The van der Waals surface area contributed by atoms with Gasteiger partial charge in [0.2, 0.25) is 0 Å². The van der Waals surface area contributed by atoms with Crippen molar-refractivity contribution in [1.29, 1.82) is 0 Å². The summed E-state index contributed by atoms with van der Waals surface area (Å²) in [5.74, 6) is 1.73. The van der Waals surface area contributed by atoms with E-state index in [0.717, 1.165) is 19.3 Å². The van der Waals surface area contributed by atoms with Crippen LogP contribution in [0.15, 0.2) is 23.3 Å². The van der Waals surface area contributed by atoms with Gasteiger partial charge in [-0.15, -0.1) is 0 Å². The van der Waals surface area contributed by atoms with Crippen molar-refractivity contribution >= 4 is 16.6 Å². The first-order valence-corrected chi connectivity index (χ1v) is 21.5. The van der Waals surface area contributed by atoms with Gasteiger partial charge in [0.05, 0.1) is 12.2 Å². The van der Waals surface area contributed by atoms with Crippen molar-refractivity contribution in [3.63, 3.8) is 0 Å². The molecule has 3 saturated carbocycles. The molecule has 3 aliphatic rings. The number of aliphatic hydroxyl groups excluding tert-OH is 1. The lowest BCUT2D eigenvalue weighted by Crippen LogP contribution is -2.48. The molecule has 0 heterocycles. The maximum Gasteiger partial charge on any atom is 0.192 e. The van der Waals surface area contributed by atoms with Crippen LogP contribution >= 0.6 is 0 Å². The van der Waals surface area contributed by atoms with E-state index >= 15 is 0 Å². The third-order valence-corrected chi connectivity index (χ3v) is 20.7. The molecule has 0 unspecified atom stereocenters. The van der Waals surface area contributed by atoms with E-state index in [0.29, 0.717) is 29.8 Å². The number of hydrogen-bond acceptors (Lipinski definition) is 3. The molecule has 0 radical (unpaired) electrons. The molecule has 220 valence electrons. The topological polar surface area (TPSA) is 38.7 Å². The second kappa shape index (κ2) is 11.6. The molecule has 3 aliphatic carbocycles. The van der Waals surface area contributed by atoms with E-state index in [1.165, 1.54) is 37.7 Å². The van der Waals surface area contributed by atoms with Crippen molar-refractivity contribution in [3.05, 3.63) is 23.3 Å². The molecule has 1 N–H and O–H groups in total. The zero-order valence-electron chi connectivity index (χ0n) is 27.2. The summed E-state index contributed by atoms with van der Waals surface area (Å²) in [6.07, 6.45) is 15.0. The maximum absolute atomic E-state index is 9.91. The minimum absolute atomic E-state index is 0.212. The van der Waals surface area contributed by atoms with Gasteiger partial charge in [0.15, 0.2) is 16.6 Å². The molecule has 0 bridgehead atoms. The molecule has 5 heteroatoms. The fraction of sp³-hybridized carbons (Fsp3) is 0.879. The van der Waals surface area contributed by atoms with E-state index in [4.69, 9.17) is 8.85 Å². The van der Waals surface area contributed by atoms with Crippen molar-refractivity contribution in [1.82, 2.24) is 0 Å². The van der Waals surface area contributed by atoms with Crippen LogP contribution in [0.4, 0.5) is 0 Å². The van der Waals surface area contributed by atoms with E-state index in [2.05, 4.69) is 93.7 Å². The summed E-state index contributed by atoms with van der Waals surface area (Å²) in [7, 11) is -3.72. The van der Waals surface area contributed by atoms with E-state index in [-0.39, 0.29) is 22.3 Å². The van der Waals surface area contributed by atoms with Crippen LogP contribution in [-0.2, 0) is 8.85 Å². The summed E-state index contributed by atoms with van der Waals surface area (Å²) in [5.41, 5.74) is 3.52. The number of allylic oxidation sites excluding steroid dienone is 3. The van der Waals surface area contributed by atoms with E-state index in [9.17, 15) is 5.11 Å². The molecule has 3 rings (SSSR count). The molecule has 0 amide bonds. The normalized spacial score (nSPS) is 33.4. The Morgan fingerprint density at radius 2 is 1.45 bits per heavy atom. The van der Waals surface area contributed by atoms with Gasteiger partial charge >= 0.3 is 0 Å². The summed E-state index contributed by atoms with van der Waals surface area (Å²) >= 11 is 0. The molecule has 0 aromatic carbocycles. The van der Waals surface area contributed by atoms with Gasteiger partial charge in [-0.1, -0.05) is 78.7 Å². The number of rotatable bonds is 7. The Morgan fingerprint density at radius 3 is 1.92 bits per heavy atom. The van der Waals surface area contributed by atoms with Crippen LogP contribution < -0.4 is 0 Å². The van der Waals surface area contributed by atoms with Gasteiger partial charge in [0, 0.05) is 6.61 Å². The van der Waals surface area contributed by atoms with Crippen LogP contribution in [0.5, 0.6) is 0 Å². The predicted molar refractivity (Wildman–Crippen MR) is 169 cm³/mol. The second-order valence-electron chi connectivity index (χ2n) is 16.5. The molecule has 0 saturated heterocycles. The van der Waals surface area contributed by atoms with Crippen molar-refractivity contribution in [2.24, 2.45) is 23.2 Å². The van der Waals surface area contributed by atoms with Crippen LogP contribution in [0.3, 0.4) is 0 Å². The molecule has 0 aliphatic heterocycles. The molecule has 0 spiro atoms. The molecular formula is C33H62O3Si2. The van der Waals surface area contributed by atoms with Crippen molar-refractivity contribution < 1.29 is 14.0 Å². The lowest BCUT2D eigenvalue weighted by molar-refractivity contribution is 0.0688. The standard InChI is InChI=1S/C33H62O3Si2/c1-24(23-34)29-17-18-30-26(14-13-19-33(29,30)8)16-15-25-20-27(35-37(9,10)31(2,3)4)22-28(21-25)36-38(11,12)32(5,6)7/h15-16,24,27-30,34H,13-14,17-23H2,1-12H3/b26-16+/t24-,27+,28+,29+,30-,33+/m0/s1. The molecular weight excluding hydrogens is 501 g/mol. The largest absolute Gasteiger partial charge is 0.414 e. The number of hydrogen-bond donors (Lipinski definition) is 1. The first-order valence-electron chi connectivity index (χ1n) is 15.7. The van der Waals surface area contributed by atoms with Crippen molar-refractivity contribution in [2.45, 2.75) is 155 Å². The number of fused-ring (bicyclic) bond motifs is 1. The molecule has 0 aromatic heterocycles. The van der Waals surface area contributed by atoms with Gasteiger partial charge in [-0.3, -0.25) is 0 Å². The fourth-order valence-corrected chi connectivity index (χ4v) is 9.93. The zero-order chi connectivity index (χ0) is 28.7. The third kappa shape index (κ3) is 6.98. The van der Waals surface area contributed by atoms with Gasteiger partial charge in [0.1, 0.15) is 0 Å². The summed E-state index contributed by atoms with van der Waals surface area (Å²) in [4.78, 5) is 0. The highest BCUT2D eigenvalue weighted by Crippen LogP contribution is 2.59. The summed E-state index contributed by atoms with van der Waals surface area (Å²) in [5, 5.41) is 10.3. The first kappa shape index (κ1) is 32.3. The summed E-state index contributed by atoms with van der Waals surface area (Å²) < 4.78 is 14.0. The average Bonchev–Trinajstić information content (AvgIpc) is 3.12. The average molecular weight is 563 g/mol. The molecule has 3 nitrogen and oxygen atoms in total.